The summed E-state index contributed by atoms with van der Waals surface area (Å²) < 4.78 is 12.3. The lowest BCUT2D eigenvalue weighted by atomic mass is 10.3. The molecule has 1 aromatic heterocycles. The fraction of sp³-hybridized carbons (Fsp3) is 0.167. The summed E-state index contributed by atoms with van der Waals surface area (Å²) in [5.41, 5.74) is 0.837. The lowest BCUT2D eigenvalue weighted by Gasteiger charge is -2.09. The molecule has 0 amide bonds. The Bertz CT molecular complexity index is 579. The van der Waals surface area contributed by atoms with Gasteiger partial charge in [0.2, 0.25) is 0 Å². The molecule has 0 fully saturated rings. The Hall–Kier alpha value is -0.850. The number of hydrogen-bond acceptors (Lipinski definition) is 4. The third-order valence-electron chi connectivity index (χ3n) is 2.24. The van der Waals surface area contributed by atoms with Gasteiger partial charge in [0.05, 0.1) is 21.9 Å². The van der Waals surface area contributed by atoms with Gasteiger partial charge in [-0.15, -0.1) is 11.6 Å². The highest BCUT2D eigenvalue weighted by atomic mass is 79.9. The number of benzene rings is 1. The minimum Gasteiger partial charge on any atom is -0.496 e. The first-order valence-electron chi connectivity index (χ1n) is 5.22. The van der Waals surface area contributed by atoms with Gasteiger partial charge in [0.1, 0.15) is 11.5 Å². The molecule has 0 aliphatic carbocycles. The van der Waals surface area contributed by atoms with Gasteiger partial charge in [-0.1, -0.05) is 0 Å². The van der Waals surface area contributed by atoms with E-state index < -0.39 is 0 Å². The van der Waals surface area contributed by atoms with E-state index in [0.717, 1.165) is 14.5 Å². The average Bonchev–Trinajstić information content (AvgIpc) is 2.43. The van der Waals surface area contributed by atoms with Gasteiger partial charge in [-0.05, 0) is 37.9 Å². The first kappa shape index (κ1) is 14.6. The summed E-state index contributed by atoms with van der Waals surface area (Å²) in [6, 6.07) is 3.83. The van der Waals surface area contributed by atoms with Gasteiger partial charge in [0.15, 0.2) is 0 Å². The van der Waals surface area contributed by atoms with Crippen molar-refractivity contribution in [1.82, 2.24) is 9.97 Å². The van der Waals surface area contributed by atoms with E-state index in [0.29, 0.717) is 17.4 Å². The Morgan fingerprint density at radius 1 is 1.11 bits per heavy atom. The van der Waals surface area contributed by atoms with Crippen molar-refractivity contribution in [2.24, 2.45) is 0 Å². The summed E-state index contributed by atoms with van der Waals surface area (Å²) in [5.74, 6) is 1.67. The molecule has 0 unspecified atom stereocenters. The van der Waals surface area contributed by atoms with Crippen molar-refractivity contribution in [1.29, 1.82) is 0 Å². The highest BCUT2D eigenvalue weighted by molar-refractivity contribution is 9.11. The summed E-state index contributed by atoms with van der Waals surface area (Å²) in [5, 5.41) is 0. The highest BCUT2D eigenvalue weighted by Crippen LogP contribution is 2.37. The zero-order valence-electron chi connectivity index (χ0n) is 9.86. The van der Waals surface area contributed by atoms with Crippen LogP contribution in [0.2, 0.25) is 0 Å². The monoisotopic (exact) mass is 406 g/mol. The van der Waals surface area contributed by atoms with Gasteiger partial charge < -0.3 is 9.47 Å². The molecule has 0 spiro atoms. The number of alkyl halides is 1. The van der Waals surface area contributed by atoms with E-state index in [2.05, 4.69) is 41.8 Å². The summed E-state index contributed by atoms with van der Waals surface area (Å²) in [6.07, 6.45) is 3.25. The van der Waals surface area contributed by atoms with Gasteiger partial charge in [0, 0.05) is 24.0 Å². The molecule has 0 aliphatic heterocycles. The quantitative estimate of drug-likeness (QED) is 0.697. The van der Waals surface area contributed by atoms with E-state index in [1.807, 2.05) is 0 Å². The second-order valence-electron chi connectivity index (χ2n) is 3.53. The van der Waals surface area contributed by atoms with Crippen molar-refractivity contribution >= 4 is 43.5 Å². The molecule has 2 rings (SSSR count). The molecule has 100 valence electrons. The van der Waals surface area contributed by atoms with Crippen LogP contribution in [0.15, 0.2) is 33.5 Å². The van der Waals surface area contributed by atoms with Crippen LogP contribution in [-0.2, 0) is 5.88 Å². The van der Waals surface area contributed by atoms with Crippen molar-refractivity contribution < 1.29 is 9.47 Å². The van der Waals surface area contributed by atoms with Crippen LogP contribution >= 0.6 is 43.5 Å². The predicted octanol–water partition coefficient (Wildman–Crippen LogP) is 4.54. The smallest absolute Gasteiger partial charge is 0.321 e. The van der Waals surface area contributed by atoms with Crippen molar-refractivity contribution in [2.75, 3.05) is 7.11 Å². The van der Waals surface area contributed by atoms with E-state index in [9.17, 15) is 0 Å². The molecular formula is C12H9Br2ClN2O2. The van der Waals surface area contributed by atoms with Gasteiger partial charge in [-0.2, -0.15) is 0 Å². The first-order chi connectivity index (χ1) is 9.13. The largest absolute Gasteiger partial charge is 0.496 e. The van der Waals surface area contributed by atoms with E-state index >= 15 is 0 Å². The van der Waals surface area contributed by atoms with Crippen LogP contribution in [0, 0.1) is 0 Å². The van der Waals surface area contributed by atoms with Crippen molar-refractivity contribution in [3.8, 4) is 17.5 Å². The number of ether oxygens (including phenoxy) is 2. The van der Waals surface area contributed by atoms with E-state index in [4.69, 9.17) is 21.1 Å². The summed E-state index contributed by atoms with van der Waals surface area (Å²) in [6.45, 7) is 0. The van der Waals surface area contributed by atoms with Crippen LogP contribution in [0.1, 0.15) is 5.56 Å². The molecule has 0 N–H and O–H groups in total. The second-order valence-corrected chi connectivity index (χ2v) is 5.50. The third kappa shape index (κ3) is 3.58. The lowest BCUT2D eigenvalue weighted by Crippen LogP contribution is -1.94. The van der Waals surface area contributed by atoms with Crippen molar-refractivity contribution in [3.05, 3.63) is 39.0 Å². The molecule has 0 aliphatic rings. The normalized spacial score (nSPS) is 10.3. The fourth-order valence-electron chi connectivity index (χ4n) is 1.31. The van der Waals surface area contributed by atoms with E-state index in [1.165, 1.54) is 0 Å². The summed E-state index contributed by atoms with van der Waals surface area (Å²) in [4.78, 5) is 8.15. The molecule has 19 heavy (non-hydrogen) atoms. The fourth-order valence-corrected chi connectivity index (χ4v) is 2.33. The second kappa shape index (κ2) is 6.54. The number of methoxy groups -OCH3 is 1. The summed E-state index contributed by atoms with van der Waals surface area (Å²) >= 11 is 12.5. The SMILES string of the molecule is COc1cc(Br)c(Oc2ncc(CCl)cn2)cc1Br. The molecule has 0 bridgehead atoms. The van der Waals surface area contributed by atoms with Crippen molar-refractivity contribution in [2.45, 2.75) is 5.88 Å². The average molecular weight is 408 g/mol. The Balaban J connectivity index is 2.25. The third-order valence-corrected chi connectivity index (χ3v) is 3.79. The zero-order chi connectivity index (χ0) is 13.8. The molecule has 2 aromatic rings. The first-order valence-corrected chi connectivity index (χ1v) is 7.34. The van der Waals surface area contributed by atoms with E-state index in [-0.39, 0.29) is 6.01 Å². The molecule has 1 heterocycles. The maximum atomic E-state index is 5.67. The lowest BCUT2D eigenvalue weighted by molar-refractivity contribution is 0.406. The van der Waals surface area contributed by atoms with Gasteiger partial charge in [0.25, 0.3) is 0 Å². The standard InChI is InChI=1S/C12H9Br2ClN2O2/c1-18-10-2-9(14)11(3-8(10)13)19-12-16-5-7(4-15)6-17-12/h2-3,5-6H,4H2,1H3. The molecule has 0 radical (unpaired) electrons. The van der Waals surface area contributed by atoms with Crippen LogP contribution < -0.4 is 9.47 Å². The molecule has 0 saturated heterocycles. The topological polar surface area (TPSA) is 44.2 Å². The number of rotatable bonds is 4. The van der Waals surface area contributed by atoms with Crippen LogP contribution in [0.4, 0.5) is 0 Å². The maximum absolute atomic E-state index is 5.67. The van der Waals surface area contributed by atoms with Gasteiger partial charge in [-0.25, -0.2) is 9.97 Å². The van der Waals surface area contributed by atoms with E-state index in [1.54, 1.807) is 31.6 Å². The summed E-state index contributed by atoms with van der Waals surface area (Å²) in [7, 11) is 1.60. The van der Waals surface area contributed by atoms with Crippen LogP contribution in [0.25, 0.3) is 0 Å². The van der Waals surface area contributed by atoms with Crippen LogP contribution in [0.5, 0.6) is 17.5 Å². The molecule has 0 atom stereocenters. The molecular weight excluding hydrogens is 399 g/mol. The Labute approximate surface area is 132 Å². The van der Waals surface area contributed by atoms with Crippen molar-refractivity contribution in [3.63, 3.8) is 0 Å². The molecule has 4 nitrogen and oxygen atoms in total. The molecule has 0 saturated carbocycles. The molecule has 1 aromatic carbocycles. The minimum absolute atomic E-state index is 0.256. The van der Waals surface area contributed by atoms with Crippen LogP contribution in [-0.4, -0.2) is 17.1 Å². The Morgan fingerprint density at radius 2 is 1.68 bits per heavy atom. The number of aromatic nitrogens is 2. The van der Waals surface area contributed by atoms with Gasteiger partial charge in [-0.3, -0.25) is 0 Å². The predicted molar refractivity (Wildman–Crippen MR) is 80.1 cm³/mol. The van der Waals surface area contributed by atoms with Crippen LogP contribution in [0.3, 0.4) is 0 Å². The number of halogens is 3. The molecule has 7 heteroatoms. The Morgan fingerprint density at radius 3 is 2.26 bits per heavy atom. The number of hydrogen-bond donors (Lipinski definition) is 0. The van der Waals surface area contributed by atoms with Gasteiger partial charge >= 0.3 is 6.01 Å². The minimum atomic E-state index is 0.256. The highest BCUT2D eigenvalue weighted by Gasteiger charge is 2.10. The zero-order valence-corrected chi connectivity index (χ0v) is 13.8. The number of nitrogens with zero attached hydrogens (tertiary/aromatic N) is 2. The Kier molecular flexibility index (Phi) is 5.01. The maximum Gasteiger partial charge on any atom is 0.321 e.